The smallest absolute Gasteiger partial charge is 1.00 e. The first-order chi connectivity index (χ1) is 28.0. The summed E-state index contributed by atoms with van der Waals surface area (Å²) in [6.45, 7) is 2.00. The fourth-order valence-corrected chi connectivity index (χ4v) is 7.11. The van der Waals surface area contributed by atoms with E-state index < -0.39 is 11.6 Å². The average molecular weight is 1070 g/mol. The molecule has 5 aromatic carbocycles. The molecule has 1 fully saturated rings. The van der Waals surface area contributed by atoms with Crippen LogP contribution >= 0.6 is 66.7 Å². The molecular formula is C45H38Br3Cl3MgN2O6. The number of benzene rings is 5. The number of nitrogens with zero attached hydrogens (tertiary/aromatic N) is 2. The number of hydrogen-bond donors (Lipinski definition) is 1. The van der Waals surface area contributed by atoms with Gasteiger partial charge in [0.25, 0.3) is 0 Å². The van der Waals surface area contributed by atoms with Gasteiger partial charge in [0, 0.05) is 55.4 Å². The van der Waals surface area contributed by atoms with Gasteiger partial charge in [0.2, 0.25) is 0 Å². The second kappa shape index (κ2) is 25.2. The van der Waals surface area contributed by atoms with E-state index in [-0.39, 0.29) is 40.0 Å². The van der Waals surface area contributed by atoms with Crippen LogP contribution in [-0.4, -0.2) is 78.6 Å². The van der Waals surface area contributed by atoms with E-state index in [9.17, 15) is 9.90 Å². The maximum Gasteiger partial charge on any atom is 2.00 e. The SMILES string of the molecule is C1CCOC1.COC(=O)c1cc(OC)c2nccc(Br)c2c1.COc1cc(C(O)(c2ccc(Cl)cc2)c2ccc(Cl)cc2)cc2c(Br)ccnc12.Clc1cc[c-]cc1.[Br-].[Mg+2]. The van der Waals surface area contributed by atoms with Crippen molar-refractivity contribution in [1.29, 1.82) is 0 Å². The summed E-state index contributed by atoms with van der Waals surface area (Å²) in [5, 5.41) is 15.7. The monoisotopic (exact) mass is 1070 g/mol. The van der Waals surface area contributed by atoms with Crippen LogP contribution in [0.1, 0.15) is 39.9 Å². The number of fused-ring (bicyclic) bond motifs is 2. The molecule has 15 heteroatoms. The molecule has 7 aromatic rings. The zero-order valence-electron chi connectivity index (χ0n) is 32.7. The Balaban J connectivity index is 0.000000259. The summed E-state index contributed by atoms with van der Waals surface area (Å²) in [7, 11) is 4.47. The van der Waals surface area contributed by atoms with Crippen LogP contribution in [0.4, 0.5) is 0 Å². The van der Waals surface area contributed by atoms with Crippen molar-refractivity contribution in [1.82, 2.24) is 9.97 Å². The molecule has 1 aliphatic rings. The Bertz CT molecular complexity index is 2400. The molecule has 0 unspecified atom stereocenters. The van der Waals surface area contributed by atoms with Gasteiger partial charge in [-0.15, -0.1) is 11.6 Å². The van der Waals surface area contributed by atoms with Gasteiger partial charge in [-0.3, -0.25) is 9.97 Å². The average Bonchev–Trinajstić information content (AvgIpc) is 3.85. The number of pyridine rings is 2. The quantitative estimate of drug-likeness (QED) is 0.0764. The van der Waals surface area contributed by atoms with Gasteiger partial charge in [0.05, 0.1) is 26.9 Å². The van der Waals surface area contributed by atoms with Crippen LogP contribution in [0.15, 0.2) is 131 Å². The van der Waals surface area contributed by atoms with E-state index in [4.69, 9.17) is 53.8 Å². The molecule has 2 aromatic heterocycles. The van der Waals surface area contributed by atoms with Crippen LogP contribution in [0.2, 0.25) is 15.1 Å². The molecule has 308 valence electrons. The molecule has 60 heavy (non-hydrogen) atoms. The van der Waals surface area contributed by atoms with E-state index in [0.717, 1.165) is 38.0 Å². The van der Waals surface area contributed by atoms with Gasteiger partial charge in [-0.2, -0.15) is 30.3 Å². The summed E-state index contributed by atoms with van der Waals surface area (Å²) in [5.41, 5.74) is 2.38. The van der Waals surface area contributed by atoms with Crippen molar-refractivity contribution in [3.05, 3.63) is 174 Å². The van der Waals surface area contributed by atoms with E-state index >= 15 is 0 Å². The molecule has 0 atom stereocenters. The van der Waals surface area contributed by atoms with Crippen LogP contribution in [0.3, 0.4) is 0 Å². The zero-order chi connectivity index (χ0) is 41.7. The molecule has 0 aliphatic carbocycles. The van der Waals surface area contributed by atoms with Crippen LogP contribution < -0.4 is 26.5 Å². The van der Waals surface area contributed by atoms with Gasteiger partial charge in [-0.25, -0.2) is 4.79 Å². The first-order valence-electron chi connectivity index (χ1n) is 17.8. The molecule has 0 spiro atoms. The summed E-state index contributed by atoms with van der Waals surface area (Å²) in [6.07, 6.45) is 5.94. The predicted molar refractivity (Wildman–Crippen MR) is 244 cm³/mol. The van der Waals surface area contributed by atoms with Crippen LogP contribution in [0.5, 0.6) is 11.5 Å². The molecule has 1 N–H and O–H groups in total. The minimum atomic E-state index is -1.45. The van der Waals surface area contributed by atoms with Gasteiger partial charge >= 0.3 is 29.0 Å². The number of halogens is 6. The van der Waals surface area contributed by atoms with Crippen LogP contribution in [0.25, 0.3) is 21.8 Å². The molecule has 0 bridgehead atoms. The van der Waals surface area contributed by atoms with E-state index in [1.54, 1.807) is 87.3 Å². The zero-order valence-corrected chi connectivity index (χ0v) is 41.2. The normalized spacial score (nSPS) is 11.6. The Labute approximate surface area is 408 Å². The van der Waals surface area contributed by atoms with Crippen molar-refractivity contribution >= 4 is 117 Å². The fourth-order valence-electron chi connectivity index (χ4n) is 5.90. The van der Waals surface area contributed by atoms with Gasteiger partial charge in [0.1, 0.15) is 28.1 Å². The molecule has 1 saturated heterocycles. The van der Waals surface area contributed by atoms with Gasteiger partial charge in [0.15, 0.2) is 0 Å². The Morgan fingerprint density at radius 1 is 0.683 bits per heavy atom. The maximum atomic E-state index is 12.1. The van der Waals surface area contributed by atoms with Gasteiger partial charge in [-0.1, -0.05) is 84.3 Å². The minimum absolute atomic E-state index is 0. The Morgan fingerprint density at radius 2 is 1.13 bits per heavy atom. The Hall–Kier alpha value is -3.01. The molecule has 8 nitrogen and oxygen atoms in total. The van der Waals surface area contributed by atoms with Crippen molar-refractivity contribution in [2.24, 2.45) is 0 Å². The van der Waals surface area contributed by atoms with Crippen LogP contribution in [-0.2, 0) is 15.1 Å². The fraction of sp³-hybridized carbons (Fsp3) is 0.178. The number of methoxy groups -OCH3 is 3. The van der Waals surface area contributed by atoms with Crippen LogP contribution in [0, 0.1) is 6.07 Å². The number of aliphatic hydroxyl groups is 1. The second-order valence-electron chi connectivity index (χ2n) is 12.5. The third kappa shape index (κ3) is 13.2. The van der Waals surface area contributed by atoms with Gasteiger partial charge < -0.3 is 41.0 Å². The Morgan fingerprint density at radius 3 is 1.53 bits per heavy atom. The maximum absolute atomic E-state index is 12.1. The number of ether oxygens (including phenoxy) is 4. The molecular weight excluding hydrogens is 1030 g/mol. The minimum Gasteiger partial charge on any atom is -1.00 e. The molecule has 0 amide bonds. The Kier molecular flexibility index (Phi) is 21.5. The summed E-state index contributed by atoms with van der Waals surface area (Å²) < 4.78 is 22.2. The third-order valence-corrected chi connectivity index (χ3v) is 11.0. The van der Waals surface area contributed by atoms with E-state index in [2.05, 4.69) is 47.9 Å². The standard InChI is InChI=1S/C23H16BrCl2NO2.C12H10BrNO3.C6H4Cl.C4H8O.BrH.Mg/c1-29-21-13-16(12-19-20(24)10-11-27-22(19)21)23(28,14-2-6-17(25)7-3-14)15-4-8-18(26)9-5-15;1-16-10-6-7(12(15)17-2)5-8-9(13)3-4-14-11(8)10;7-6-4-2-1-3-5-6;1-2-4-5-3-1;;/h2-13,28H,1H3;3-6H,1-2H3;2-5H;1-4H2;1H;/q;;-1;;;+2/p-1. The number of hydrogen-bond acceptors (Lipinski definition) is 8. The summed E-state index contributed by atoms with van der Waals surface area (Å²) >= 11 is 24.7. The number of carbonyl (C=O) groups is 1. The van der Waals surface area contributed by atoms with Crippen molar-refractivity contribution in [2.45, 2.75) is 18.4 Å². The third-order valence-electron chi connectivity index (χ3n) is 8.82. The van der Waals surface area contributed by atoms with E-state index in [0.29, 0.717) is 54.8 Å². The van der Waals surface area contributed by atoms with Crippen molar-refractivity contribution < 1.29 is 45.8 Å². The number of esters is 1. The number of aromatic nitrogens is 2. The molecule has 0 radical (unpaired) electrons. The van der Waals surface area contributed by atoms with Gasteiger partial charge in [-0.05, 0) is 90.2 Å². The summed E-state index contributed by atoms with van der Waals surface area (Å²) in [6, 6.07) is 35.0. The van der Waals surface area contributed by atoms with Crippen molar-refractivity contribution in [3.8, 4) is 11.5 Å². The summed E-state index contributed by atoms with van der Waals surface area (Å²) in [5.74, 6) is 0.713. The molecule has 8 rings (SSSR count). The van der Waals surface area contributed by atoms with E-state index in [1.807, 2.05) is 48.5 Å². The number of rotatable bonds is 6. The topological polar surface area (TPSA) is 100 Å². The first-order valence-corrected chi connectivity index (χ1v) is 20.5. The predicted octanol–water partition coefficient (Wildman–Crippen LogP) is 8.95. The second-order valence-corrected chi connectivity index (χ2v) is 15.5. The summed E-state index contributed by atoms with van der Waals surface area (Å²) in [4.78, 5) is 20.2. The first kappa shape index (κ1) is 51.3. The largest absolute Gasteiger partial charge is 2.00 e. The molecule has 1 aliphatic heterocycles. The van der Waals surface area contributed by atoms with Crippen molar-refractivity contribution in [3.63, 3.8) is 0 Å². The molecule has 0 saturated carbocycles. The number of carbonyl (C=O) groups excluding carboxylic acids is 1. The van der Waals surface area contributed by atoms with E-state index in [1.165, 1.54) is 20.0 Å². The molecule has 3 heterocycles. The van der Waals surface area contributed by atoms with Crippen molar-refractivity contribution in [2.75, 3.05) is 34.5 Å².